The molecule has 0 unspecified atom stereocenters. The Morgan fingerprint density at radius 1 is 1.59 bits per heavy atom. The number of carboxylic acids is 1. The number of carbonyl (C=O) groups is 1. The highest BCUT2D eigenvalue weighted by Crippen LogP contribution is 2.35. The van der Waals surface area contributed by atoms with Crippen LogP contribution in [0.15, 0.2) is 18.3 Å². The van der Waals surface area contributed by atoms with Gasteiger partial charge in [0, 0.05) is 38.6 Å². The van der Waals surface area contributed by atoms with E-state index in [9.17, 15) is 9.90 Å². The minimum absolute atomic E-state index is 0.522. The number of hydrogen-bond donors (Lipinski definition) is 2. The van der Waals surface area contributed by atoms with E-state index in [0.717, 1.165) is 31.4 Å². The van der Waals surface area contributed by atoms with Gasteiger partial charge in [0.25, 0.3) is 0 Å². The van der Waals surface area contributed by atoms with Gasteiger partial charge in [-0.2, -0.15) is 0 Å². The second kappa shape index (κ2) is 7.56. The zero-order valence-corrected chi connectivity index (χ0v) is 13.1. The molecule has 22 heavy (non-hydrogen) atoms. The highest BCUT2D eigenvalue weighted by Gasteiger charge is 2.41. The third-order valence-electron chi connectivity index (χ3n) is 4.43. The number of anilines is 1. The van der Waals surface area contributed by atoms with Crippen molar-refractivity contribution in [3.63, 3.8) is 0 Å². The van der Waals surface area contributed by atoms with Crippen molar-refractivity contribution < 1.29 is 14.6 Å². The molecule has 1 fully saturated rings. The molecule has 1 aromatic heterocycles. The quantitative estimate of drug-likeness (QED) is 0.746. The second-order valence-corrected chi connectivity index (χ2v) is 6.04. The van der Waals surface area contributed by atoms with Crippen molar-refractivity contribution in [2.24, 2.45) is 5.41 Å². The third-order valence-corrected chi connectivity index (χ3v) is 4.43. The molecule has 2 rings (SSSR count). The second-order valence-electron chi connectivity index (χ2n) is 6.04. The molecule has 0 bridgehead atoms. The van der Waals surface area contributed by atoms with E-state index in [4.69, 9.17) is 10.5 Å². The minimum atomic E-state index is -0.701. The lowest BCUT2D eigenvalue weighted by Gasteiger charge is -2.40. The first-order chi connectivity index (χ1) is 10.6. The van der Waals surface area contributed by atoms with Crippen molar-refractivity contribution in [3.8, 4) is 0 Å². The van der Waals surface area contributed by atoms with Gasteiger partial charge in [-0.25, -0.2) is 4.98 Å². The topological polar surface area (TPSA) is 88.7 Å². The predicted octanol–water partition coefficient (Wildman–Crippen LogP) is 1.76. The molecule has 2 heterocycles. The lowest BCUT2D eigenvalue weighted by atomic mass is 9.76. The van der Waals surface area contributed by atoms with Gasteiger partial charge in [-0.15, -0.1) is 0 Å². The van der Waals surface area contributed by atoms with Crippen LogP contribution in [0.25, 0.3) is 0 Å². The SMILES string of the molecule is COCCC[C@@]1(C(=O)O)CCCN(Cc2cccnc2N)C1. The summed E-state index contributed by atoms with van der Waals surface area (Å²) in [6, 6.07) is 3.81. The predicted molar refractivity (Wildman–Crippen MR) is 84.3 cm³/mol. The van der Waals surface area contributed by atoms with Gasteiger partial charge >= 0.3 is 5.97 Å². The number of hydrogen-bond acceptors (Lipinski definition) is 5. The summed E-state index contributed by atoms with van der Waals surface area (Å²) in [5, 5.41) is 9.72. The summed E-state index contributed by atoms with van der Waals surface area (Å²) in [7, 11) is 1.64. The fraction of sp³-hybridized carbons (Fsp3) is 0.625. The smallest absolute Gasteiger partial charge is 0.310 e. The van der Waals surface area contributed by atoms with Gasteiger partial charge in [-0.3, -0.25) is 9.69 Å². The zero-order chi connectivity index (χ0) is 16.0. The van der Waals surface area contributed by atoms with E-state index in [1.165, 1.54) is 0 Å². The van der Waals surface area contributed by atoms with Gasteiger partial charge in [0.2, 0.25) is 0 Å². The molecular weight excluding hydrogens is 282 g/mol. The van der Waals surface area contributed by atoms with Gasteiger partial charge in [0.1, 0.15) is 5.82 Å². The summed E-state index contributed by atoms with van der Waals surface area (Å²) in [6.45, 7) is 2.71. The Morgan fingerprint density at radius 2 is 2.41 bits per heavy atom. The molecule has 0 saturated carbocycles. The number of nitrogens with zero attached hydrogens (tertiary/aromatic N) is 2. The number of ether oxygens (including phenoxy) is 1. The summed E-state index contributed by atoms with van der Waals surface area (Å²) < 4.78 is 5.06. The molecule has 122 valence electrons. The number of aliphatic carboxylic acids is 1. The standard InChI is InChI=1S/C16H25N3O3/c1-22-10-4-7-16(15(20)21)6-3-9-19(12-16)11-13-5-2-8-18-14(13)17/h2,5,8H,3-4,6-7,9-12H2,1H3,(H2,17,18)(H,20,21)/t16-/m0/s1. The van der Waals surface area contributed by atoms with Crippen molar-refractivity contribution in [1.29, 1.82) is 0 Å². The lowest BCUT2D eigenvalue weighted by Crippen LogP contribution is -2.47. The monoisotopic (exact) mass is 307 g/mol. The third kappa shape index (κ3) is 3.96. The van der Waals surface area contributed by atoms with Gasteiger partial charge in [-0.05, 0) is 38.3 Å². The van der Waals surface area contributed by atoms with E-state index in [2.05, 4.69) is 9.88 Å². The van der Waals surface area contributed by atoms with Crippen LogP contribution in [0, 0.1) is 5.41 Å². The Morgan fingerprint density at radius 3 is 3.09 bits per heavy atom. The van der Waals surface area contributed by atoms with E-state index in [0.29, 0.717) is 31.9 Å². The van der Waals surface area contributed by atoms with Crippen LogP contribution < -0.4 is 5.73 Å². The molecule has 0 amide bonds. The number of aromatic nitrogens is 1. The number of nitrogens with two attached hydrogens (primary N) is 1. The van der Waals surface area contributed by atoms with Crippen LogP contribution in [0.1, 0.15) is 31.2 Å². The Balaban J connectivity index is 2.05. The van der Waals surface area contributed by atoms with E-state index in [1.54, 1.807) is 13.3 Å². The first-order valence-corrected chi connectivity index (χ1v) is 7.71. The van der Waals surface area contributed by atoms with Crippen LogP contribution in [-0.4, -0.2) is 47.8 Å². The summed E-state index contributed by atoms with van der Waals surface area (Å²) in [6.07, 6.45) is 4.70. The fourth-order valence-corrected chi connectivity index (χ4v) is 3.23. The highest BCUT2D eigenvalue weighted by molar-refractivity contribution is 5.75. The Bertz CT molecular complexity index is 509. The van der Waals surface area contributed by atoms with Crippen molar-refractivity contribution in [3.05, 3.63) is 23.9 Å². The van der Waals surface area contributed by atoms with Crippen LogP contribution in [-0.2, 0) is 16.1 Å². The van der Waals surface area contributed by atoms with Gasteiger partial charge in [-0.1, -0.05) is 6.07 Å². The Labute approximate surface area is 131 Å². The van der Waals surface area contributed by atoms with E-state index < -0.39 is 11.4 Å². The fourth-order valence-electron chi connectivity index (χ4n) is 3.23. The molecule has 1 aliphatic heterocycles. The number of nitrogen functional groups attached to an aromatic ring is 1. The minimum Gasteiger partial charge on any atom is -0.481 e. The van der Waals surface area contributed by atoms with Crippen LogP contribution >= 0.6 is 0 Å². The molecule has 1 saturated heterocycles. The Hall–Kier alpha value is -1.66. The van der Waals surface area contributed by atoms with Gasteiger partial charge < -0.3 is 15.6 Å². The van der Waals surface area contributed by atoms with Crippen molar-refractivity contribution in [2.75, 3.05) is 32.5 Å². The molecular formula is C16H25N3O3. The molecule has 0 aromatic carbocycles. The van der Waals surface area contributed by atoms with Crippen LogP contribution in [0.2, 0.25) is 0 Å². The van der Waals surface area contributed by atoms with Crippen LogP contribution in [0.5, 0.6) is 0 Å². The average Bonchev–Trinajstić information content (AvgIpc) is 2.50. The maximum atomic E-state index is 11.8. The molecule has 0 aliphatic carbocycles. The molecule has 1 aliphatic rings. The van der Waals surface area contributed by atoms with E-state index in [1.807, 2.05) is 12.1 Å². The molecule has 3 N–H and O–H groups in total. The van der Waals surface area contributed by atoms with Crippen molar-refractivity contribution >= 4 is 11.8 Å². The molecule has 0 radical (unpaired) electrons. The average molecular weight is 307 g/mol. The number of rotatable bonds is 7. The zero-order valence-electron chi connectivity index (χ0n) is 13.1. The maximum absolute atomic E-state index is 11.8. The first kappa shape index (κ1) is 16.7. The number of pyridine rings is 1. The number of methoxy groups -OCH3 is 1. The van der Waals surface area contributed by atoms with Crippen molar-refractivity contribution in [2.45, 2.75) is 32.2 Å². The van der Waals surface area contributed by atoms with Crippen molar-refractivity contribution in [1.82, 2.24) is 9.88 Å². The lowest BCUT2D eigenvalue weighted by molar-refractivity contribution is -0.153. The molecule has 1 atom stereocenters. The molecule has 6 nitrogen and oxygen atoms in total. The maximum Gasteiger partial charge on any atom is 0.310 e. The van der Waals surface area contributed by atoms with E-state index in [-0.39, 0.29) is 0 Å². The Kier molecular flexibility index (Phi) is 5.74. The van der Waals surface area contributed by atoms with E-state index >= 15 is 0 Å². The summed E-state index contributed by atoms with van der Waals surface area (Å²) in [5.41, 5.74) is 6.18. The first-order valence-electron chi connectivity index (χ1n) is 7.71. The largest absolute Gasteiger partial charge is 0.481 e. The summed E-state index contributed by atoms with van der Waals surface area (Å²) >= 11 is 0. The molecule has 6 heteroatoms. The molecule has 1 aromatic rings. The summed E-state index contributed by atoms with van der Waals surface area (Å²) in [5.74, 6) is -0.180. The van der Waals surface area contributed by atoms with Gasteiger partial charge in [0.05, 0.1) is 5.41 Å². The van der Waals surface area contributed by atoms with Gasteiger partial charge in [0.15, 0.2) is 0 Å². The normalized spacial score (nSPS) is 22.6. The van der Waals surface area contributed by atoms with Crippen LogP contribution in [0.4, 0.5) is 5.82 Å². The molecule has 0 spiro atoms. The number of piperidine rings is 1. The number of carboxylic acid groups (broad SMARTS) is 1. The number of likely N-dealkylation sites (tertiary alicyclic amines) is 1. The van der Waals surface area contributed by atoms with Crippen LogP contribution in [0.3, 0.4) is 0 Å². The summed E-state index contributed by atoms with van der Waals surface area (Å²) in [4.78, 5) is 18.1. The highest BCUT2D eigenvalue weighted by atomic mass is 16.5.